The topological polar surface area (TPSA) is 62.3 Å². The molecule has 0 aromatic heterocycles. The molecule has 3 amide bonds. The van der Waals surface area contributed by atoms with Crippen molar-refractivity contribution >= 4 is 11.9 Å². The van der Waals surface area contributed by atoms with Crippen LogP contribution in [-0.4, -0.2) is 92.8 Å². The first-order valence-electron chi connectivity index (χ1n) is 7.10. The molecule has 0 saturated carbocycles. The zero-order valence-electron chi connectivity index (χ0n) is 12.0. The number of rotatable bonds is 7. The molecule has 0 unspecified atom stereocenters. The summed E-state index contributed by atoms with van der Waals surface area (Å²) in [6.07, 6.45) is 0.815. The first-order valence-corrected chi connectivity index (χ1v) is 7.10. The van der Waals surface area contributed by atoms with Gasteiger partial charge < -0.3 is 14.4 Å². The van der Waals surface area contributed by atoms with E-state index in [1.165, 1.54) is 4.90 Å². The lowest BCUT2D eigenvalue weighted by Gasteiger charge is -2.27. The van der Waals surface area contributed by atoms with E-state index in [-0.39, 0.29) is 18.5 Å². The van der Waals surface area contributed by atoms with Crippen molar-refractivity contribution in [2.45, 2.75) is 6.42 Å². The summed E-state index contributed by atoms with van der Waals surface area (Å²) in [7, 11) is 1.59. The molecule has 0 atom stereocenters. The van der Waals surface area contributed by atoms with Crippen LogP contribution in [0.4, 0.5) is 4.79 Å². The van der Waals surface area contributed by atoms with E-state index < -0.39 is 0 Å². The van der Waals surface area contributed by atoms with Crippen molar-refractivity contribution in [3.63, 3.8) is 0 Å². The van der Waals surface area contributed by atoms with Gasteiger partial charge in [0.25, 0.3) is 0 Å². The average Bonchev–Trinajstić information content (AvgIpc) is 2.73. The molecule has 0 N–H and O–H groups in total. The van der Waals surface area contributed by atoms with Crippen LogP contribution >= 0.6 is 0 Å². The predicted octanol–water partition coefficient (Wildman–Crippen LogP) is -0.381. The number of carbonyl (C=O) groups is 2. The third kappa shape index (κ3) is 3.91. The zero-order valence-corrected chi connectivity index (χ0v) is 12.0. The molecule has 0 bridgehead atoms. The molecule has 0 aromatic carbocycles. The number of morpholine rings is 1. The summed E-state index contributed by atoms with van der Waals surface area (Å²) in [6, 6.07) is -0.186. The van der Waals surface area contributed by atoms with E-state index in [0.29, 0.717) is 19.7 Å². The number of nitrogens with zero attached hydrogens (tertiary/aromatic N) is 3. The van der Waals surface area contributed by atoms with Crippen LogP contribution in [0.1, 0.15) is 6.42 Å². The molecule has 2 rings (SSSR count). The Kier molecular flexibility index (Phi) is 5.75. The molecule has 20 heavy (non-hydrogen) atoms. The van der Waals surface area contributed by atoms with Crippen LogP contribution in [0.15, 0.2) is 0 Å². The summed E-state index contributed by atoms with van der Waals surface area (Å²) >= 11 is 0. The van der Waals surface area contributed by atoms with Crippen LogP contribution < -0.4 is 0 Å². The van der Waals surface area contributed by atoms with Gasteiger partial charge in [0.05, 0.1) is 19.8 Å². The summed E-state index contributed by atoms with van der Waals surface area (Å²) in [5.41, 5.74) is 0. The maximum atomic E-state index is 12.0. The Bertz CT molecular complexity index is 345. The van der Waals surface area contributed by atoms with Crippen LogP contribution in [0.2, 0.25) is 0 Å². The van der Waals surface area contributed by atoms with Crippen molar-refractivity contribution in [1.29, 1.82) is 0 Å². The lowest BCUT2D eigenvalue weighted by Crippen LogP contribution is -2.39. The first-order chi connectivity index (χ1) is 9.72. The van der Waals surface area contributed by atoms with Gasteiger partial charge in [0, 0.05) is 39.8 Å². The van der Waals surface area contributed by atoms with Crippen LogP contribution in [0.3, 0.4) is 0 Å². The molecule has 0 aromatic rings. The van der Waals surface area contributed by atoms with E-state index in [0.717, 1.165) is 39.3 Å². The minimum Gasteiger partial charge on any atom is -0.383 e. The number of hydrogen-bond donors (Lipinski definition) is 0. The minimum absolute atomic E-state index is 0.104. The third-order valence-electron chi connectivity index (χ3n) is 3.65. The number of imide groups is 1. The van der Waals surface area contributed by atoms with Crippen molar-refractivity contribution in [3.8, 4) is 0 Å². The highest BCUT2D eigenvalue weighted by molar-refractivity contribution is 6.01. The largest absolute Gasteiger partial charge is 0.383 e. The van der Waals surface area contributed by atoms with Crippen LogP contribution in [0.25, 0.3) is 0 Å². The van der Waals surface area contributed by atoms with Gasteiger partial charge in [-0.1, -0.05) is 0 Å². The van der Waals surface area contributed by atoms with E-state index in [1.807, 2.05) is 0 Å². The second-order valence-corrected chi connectivity index (χ2v) is 5.05. The Morgan fingerprint density at radius 1 is 1.15 bits per heavy atom. The smallest absolute Gasteiger partial charge is 0.327 e. The zero-order chi connectivity index (χ0) is 14.4. The Labute approximate surface area is 119 Å². The predicted molar refractivity (Wildman–Crippen MR) is 72.4 cm³/mol. The molecule has 7 nitrogen and oxygen atoms in total. The minimum atomic E-state index is -0.186. The van der Waals surface area contributed by atoms with Crippen LogP contribution in [-0.2, 0) is 14.3 Å². The second kappa shape index (κ2) is 7.56. The van der Waals surface area contributed by atoms with Crippen molar-refractivity contribution in [1.82, 2.24) is 14.7 Å². The van der Waals surface area contributed by atoms with Crippen molar-refractivity contribution in [2.75, 3.05) is 66.2 Å². The Balaban J connectivity index is 1.71. The van der Waals surface area contributed by atoms with Gasteiger partial charge in [-0.2, -0.15) is 0 Å². The molecule has 0 spiro atoms. The second-order valence-electron chi connectivity index (χ2n) is 5.05. The molecule has 2 saturated heterocycles. The fourth-order valence-corrected chi connectivity index (χ4v) is 2.47. The molecular weight excluding hydrogens is 262 g/mol. The lowest BCUT2D eigenvalue weighted by atomic mass is 10.3. The standard InChI is InChI=1S/C13H23N3O4/c1-19-8-7-15-11-12(17)16(13(15)18)4-2-3-14-5-9-20-10-6-14/h2-11H2,1H3. The first kappa shape index (κ1) is 15.2. The fourth-order valence-electron chi connectivity index (χ4n) is 2.47. The van der Waals surface area contributed by atoms with Gasteiger partial charge in [0.15, 0.2) is 0 Å². The Hall–Kier alpha value is -1.18. The highest BCUT2D eigenvalue weighted by atomic mass is 16.5. The quantitative estimate of drug-likeness (QED) is 0.597. The molecular formula is C13H23N3O4. The summed E-state index contributed by atoms with van der Waals surface area (Å²) in [6.45, 7) is 5.92. The van der Waals surface area contributed by atoms with E-state index in [2.05, 4.69) is 4.90 Å². The highest BCUT2D eigenvalue weighted by Gasteiger charge is 2.35. The van der Waals surface area contributed by atoms with Gasteiger partial charge in [0.2, 0.25) is 5.91 Å². The summed E-state index contributed by atoms with van der Waals surface area (Å²) in [4.78, 5) is 29.1. The molecule has 2 fully saturated rings. The highest BCUT2D eigenvalue weighted by Crippen LogP contribution is 2.11. The number of ether oxygens (including phenoxy) is 2. The van der Waals surface area contributed by atoms with E-state index >= 15 is 0 Å². The molecule has 2 aliphatic rings. The van der Waals surface area contributed by atoms with Crippen molar-refractivity contribution < 1.29 is 19.1 Å². The van der Waals surface area contributed by atoms with Gasteiger partial charge in [0.1, 0.15) is 6.54 Å². The number of carbonyl (C=O) groups excluding carboxylic acids is 2. The molecule has 7 heteroatoms. The lowest BCUT2D eigenvalue weighted by molar-refractivity contribution is -0.125. The van der Waals surface area contributed by atoms with Gasteiger partial charge in [-0.3, -0.25) is 14.6 Å². The van der Waals surface area contributed by atoms with Crippen LogP contribution in [0.5, 0.6) is 0 Å². The molecule has 114 valence electrons. The van der Waals surface area contributed by atoms with E-state index in [9.17, 15) is 9.59 Å². The van der Waals surface area contributed by atoms with Crippen molar-refractivity contribution in [2.24, 2.45) is 0 Å². The van der Waals surface area contributed by atoms with Gasteiger partial charge in [-0.05, 0) is 6.42 Å². The summed E-state index contributed by atoms with van der Waals surface area (Å²) in [5, 5.41) is 0. The number of amides is 3. The monoisotopic (exact) mass is 285 g/mol. The van der Waals surface area contributed by atoms with Crippen LogP contribution in [0, 0.1) is 0 Å². The van der Waals surface area contributed by atoms with Gasteiger partial charge in [-0.25, -0.2) is 4.79 Å². The summed E-state index contributed by atoms with van der Waals surface area (Å²) in [5.74, 6) is -0.104. The average molecular weight is 285 g/mol. The van der Waals surface area contributed by atoms with Crippen molar-refractivity contribution in [3.05, 3.63) is 0 Å². The van der Waals surface area contributed by atoms with E-state index in [4.69, 9.17) is 9.47 Å². The maximum absolute atomic E-state index is 12.0. The number of methoxy groups -OCH3 is 1. The number of urea groups is 1. The molecule has 0 aliphatic carbocycles. The molecule has 2 heterocycles. The Morgan fingerprint density at radius 2 is 1.90 bits per heavy atom. The molecule has 2 aliphatic heterocycles. The third-order valence-corrected chi connectivity index (χ3v) is 3.65. The van der Waals surface area contributed by atoms with E-state index in [1.54, 1.807) is 12.0 Å². The Morgan fingerprint density at radius 3 is 2.60 bits per heavy atom. The van der Waals surface area contributed by atoms with Gasteiger partial charge in [-0.15, -0.1) is 0 Å². The normalized spacial score (nSPS) is 21.1. The molecule has 0 radical (unpaired) electrons. The summed E-state index contributed by atoms with van der Waals surface area (Å²) < 4.78 is 10.2. The maximum Gasteiger partial charge on any atom is 0.327 e. The fraction of sp³-hybridized carbons (Fsp3) is 0.846. The number of hydrogen-bond acceptors (Lipinski definition) is 5. The SMILES string of the molecule is COCCN1CC(=O)N(CCCN2CCOCC2)C1=O. The van der Waals surface area contributed by atoms with Gasteiger partial charge >= 0.3 is 6.03 Å².